The molecule has 0 saturated carbocycles. The average molecular weight is 310 g/mol. The topological polar surface area (TPSA) is 101 Å². The van der Waals surface area contributed by atoms with Gasteiger partial charge in [-0.1, -0.05) is 13.3 Å². The van der Waals surface area contributed by atoms with Crippen LogP contribution in [0.4, 0.5) is 0 Å². The monoisotopic (exact) mass is 310 g/mol. The number of amides is 2. The molecular formula is C14H18N2O4S. The first-order chi connectivity index (χ1) is 9.95. The number of hydrogen-bond acceptors (Lipinski definition) is 4. The number of nitrogens with two attached hydrogens (primary N) is 1. The number of carbonyl (C=O) groups is 3. The molecule has 0 spiro atoms. The van der Waals surface area contributed by atoms with Crippen LogP contribution in [0.15, 0.2) is 17.5 Å². The molecule has 0 aliphatic carbocycles. The second-order valence-electron chi connectivity index (χ2n) is 4.42. The highest BCUT2D eigenvalue weighted by Gasteiger charge is 2.20. The van der Waals surface area contributed by atoms with Crippen LogP contribution in [0.3, 0.4) is 0 Å². The molecule has 2 amide bonds. The standard InChI is InChI=1S/C14H18N2O4S/c1-2-3-7-16(9-11(15)17)14(20)13-10(6-8-21-13)4-5-12(18)19/h4-6,8H,2-3,7,9H2,1H3,(H2,15,17)(H,18,19). The van der Waals surface area contributed by atoms with Crippen molar-refractivity contribution in [2.24, 2.45) is 5.73 Å². The number of primary amides is 1. The number of carboxylic acids is 1. The zero-order valence-corrected chi connectivity index (χ0v) is 12.6. The Kier molecular flexibility index (Phi) is 6.61. The molecule has 21 heavy (non-hydrogen) atoms. The van der Waals surface area contributed by atoms with Gasteiger partial charge in [-0.2, -0.15) is 0 Å². The third-order valence-corrected chi connectivity index (χ3v) is 3.63. The van der Waals surface area contributed by atoms with Crippen LogP contribution in [0.2, 0.25) is 0 Å². The van der Waals surface area contributed by atoms with Gasteiger partial charge in [-0.15, -0.1) is 11.3 Å². The summed E-state index contributed by atoms with van der Waals surface area (Å²) in [5.41, 5.74) is 5.70. The molecule has 1 rings (SSSR count). The summed E-state index contributed by atoms with van der Waals surface area (Å²) >= 11 is 1.21. The molecular weight excluding hydrogens is 292 g/mol. The van der Waals surface area contributed by atoms with Crippen LogP contribution < -0.4 is 5.73 Å². The Morgan fingerprint density at radius 2 is 2.14 bits per heavy atom. The van der Waals surface area contributed by atoms with E-state index in [0.717, 1.165) is 18.9 Å². The number of nitrogens with zero attached hydrogens (tertiary/aromatic N) is 1. The average Bonchev–Trinajstić information content (AvgIpc) is 2.88. The van der Waals surface area contributed by atoms with E-state index >= 15 is 0 Å². The molecule has 0 aliphatic rings. The molecule has 0 saturated heterocycles. The predicted octanol–water partition coefficient (Wildman–Crippen LogP) is 1.57. The molecule has 0 aliphatic heterocycles. The molecule has 0 unspecified atom stereocenters. The van der Waals surface area contributed by atoms with Gasteiger partial charge in [0.1, 0.15) is 0 Å². The summed E-state index contributed by atoms with van der Waals surface area (Å²) in [6.07, 6.45) is 4.00. The summed E-state index contributed by atoms with van der Waals surface area (Å²) in [5, 5.41) is 10.4. The Hall–Kier alpha value is -2.15. The van der Waals surface area contributed by atoms with E-state index in [1.165, 1.54) is 22.3 Å². The SMILES string of the molecule is CCCCN(CC(N)=O)C(=O)c1sccc1C=CC(=O)O. The molecule has 0 bridgehead atoms. The molecule has 0 radical (unpaired) electrons. The largest absolute Gasteiger partial charge is 0.478 e. The number of thiophene rings is 1. The molecule has 1 aromatic heterocycles. The Morgan fingerprint density at radius 3 is 2.71 bits per heavy atom. The number of aliphatic carboxylic acids is 1. The van der Waals surface area contributed by atoms with Crippen LogP contribution in [-0.4, -0.2) is 40.9 Å². The lowest BCUT2D eigenvalue weighted by Gasteiger charge is -2.20. The van der Waals surface area contributed by atoms with Gasteiger partial charge in [0.15, 0.2) is 0 Å². The molecule has 6 nitrogen and oxygen atoms in total. The van der Waals surface area contributed by atoms with Crippen molar-refractivity contribution in [2.75, 3.05) is 13.1 Å². The highest BCUT2D eigenvalue weighted by Crippen LogP contribution is 2.20. The van der Waals surface area contributed by atoms with E-state index < -0.39 is 11.9 Å². The van der Waals surface area contributed by atoms with Crippen molar-refractivity contribution in [1.29, 1.82) is 0 Å². The Bertz CT molecular complexity index is 551. The van der Waals surface area contributed by atoms with Crippen LogP contribution in [0.5, 0.6) is 0 Å². The molecule has 0 fully saturated rings. The maximum atomic E-state index is 12.5. The summed E-state index contributed by atoms with van der Waals surface area (Å²) in [5.74, 6) is -1.96. The second-order valence-corrected chi connectivity index (χ2v) is 5.34. The zero-order chi connectivity index (χ0) is 15.8. The fraction of sp³-hybridized carbons (Fsp3) is 0.357. The van der Waals surface area contributed by atoms with Gasteiger partial charge in [0, 0.05) is 12.6 Å². The fourth-order valence-corrected chi connectivity index (χ4v) is 2.57. The lowest BCUT2D eigenvalue weighted by Crippen LogP contribution is -2.39. The van der Waals surface area contributed by atoms with E-state index in [-0.39, 0.29) is 12.5 Å². The molecule has 1 heterocycles. The summed E-state index contributed by atoms with van der Waals surface area (Å²) < 4.78 is 0. The summed E-state index contributed by atoms with van der Waals surface area (Å²) in [6, 6.07) is 1.67. The Labute approximate surface area is 126 Å². The molecule has 0 aromatic carbocycles. The van der Waals surface area contributed by atoms with Gasteiger partial charge >= 0.3 is 5.97 Å². The first kappa shape index (κ1) is 16.9. The van der Waals surface area contributed by atoms with Crippen molar-refractivity contribution in [3.05, 3.63) is 28.0 Å². The van der Waals surface area contributed by atoms with Gasteiger partial charge in [0.25, 0.3) is 5.91 Å². The molecule has 114 valence electrons. The zero-order valence-electron chi connectivity index (χ0n) is 11.7. The van der Waals surface area contributed by atoms with Gasteiger partial charge in [-0.25, -0.2) is 4.79 Å². The van der Waals surface area contributed by atoms with E-state index in [1.807, 2.05) is 6.92 Å². The maximum Gasteiger partial charge on any atom is 0.328 e. The van der Waals surface area contributed by atoms with Crippen LogP contribution >= 0.6 is 11.3 Å². The molecule has 1 aromatic rings. The van der Waals surface area contributed by atoms with E-state index in [1.54, 1.807) is 11.4 Å². The molecule has 0 atom stereocenters. The van der Waals surface area contributed by atoms with Crippen molar-refractivity contribution in [3.63, 3.8) is 0 Å². The number of unbranched alkanes of at least 4 members (excludes halogenated alkanes) is 1. The molecule has 3 N–H and O–H groups in total. The lowest BCUT2D eigenvalue weighted by atomic mass is 10.2. The van der Waals surface area contributed by atoms with Gasteiger partial charge in [-0.05, 0) is 29.5 Å². The van der Waals surface area contributed by atoms with E-state index in [0.29, 0.717) is 17.0 Å². The first-order valence-electron chi connectivity index (χ1n) is 6.51. The van der Waals surface area contributed by atoms with Crippen LogP contribution in [0, 0.1) is 0 Å². The van der Waals surface area contributed by atoms with Crippen LogP contribution in [0.25, 0.3) is 6.08 Å². The van der Waals surface area contributed by atoms with Gasteiger partial charge in [-0.3, -0.25) is 9.59 Å². The van der Waals surface area contributed by atoms with E-state index in [9.17, 15) is 14.4 Å². The van der Waals surface area contributed by atoms with Crippen molar-refractivity contribution >= 4 is 35.2 Å². The Balaban J connectivity index is 2.95. The quantitative estimate of drug-likeness (QED) is 0.712. The minimum atomic E-state index is -1.08. The van der Waals surface area contributed by atoms with E-state index in [4.69, 9.17) is 10.8 Å². The highest BCUT2D eigenvalue weighted by molar-refractivity contribution is 7.12. The van der Waals surface area contributed by atoms with Crippen molar-refractivity contribution < 1.29 is 19.5 Å². The second kappa shape index (κ2) is 8.21. The van der Waals surface area contributed by atoms with Crippen molar-refractivity contribution in [1.82, 2.24) is 4.90 Å². The third-order valence-electron chi connectivity index (χ3n) is 2.71. The minimum Gasteiger partial charge on any atom is -0.478 e. The van der Waals surface area contributed by atoms with Crippen LogP contribution in [0.1, 0.15) is 35.0 Å². The number of carboxylic acid groups (broad SMARTS) is 1. The maximum absolute atomic E-state index is 12.5. The van der Waals surface area contributed by atoms with Gasteiger partial charge < -0.3 is 15.7 Å². The number of carbonyl (C=O) groups excluding carboxylic acids is 2. The highest BCUT2D eigenvalue weighted by atomic mass is 32.1. The van der Waals surface area contributed by atoms with Crippen LogP contribution in [-0.2, 0) is 9.59 Å². The van der Waals surface area contributed by atoms with Crippen molar-refractivity contribution in [2.45, 2.75) is 19.8 Å². The van der Waals surface area contributed by atoms with Crippen molar-refractivity contribution in [3.8, 4) is 0 Å². The minimum absolute atomic E-state index is 0.140. The summed E-state index contributed by atoms with van der Waals surface area (Å²) in [7, 11) is 0. The Morgan fingerprint density at radius 1 is 1.43 bits per heavy atom. The van der Waals surface area contributed by atoms with E-state index in [2.05, 4.69) is 0 Å². The number of hydrogen-bond donors (Lipinski definition) is 2. The number of rotatable bonds is 8. The summed E-state index contributed by atoms with van der Waals surface area (Å²) in [6.45, 7) is 2.29. The fourth-order valence-electron chi connectivity index (χ4n) is 1.72. The normalized spacial score (nSPS) is 10.7. The third kappa shape index (κ3) is 5.39. The smallest absolute Gasteiger partial charge is 0.328 e. The van der Waals surface area contributed by atoms with Gasteiger partial charge in [0.05, 0.1) is 11.4 Å². The lowest BCUT2D eigenvalue weighted by molar-refractivity contribution is -0.131. The van der Waals surface area contributed by atoms with Gasteiger partial charge in [0.2, 0.25) is 5.91 Å². The summed E-state index contributed by atoms with van der Waals surface area (Å²) in [4.78, 5) is 35.9. The predicted molar refractivity (Wildman–Crippen MR) is 81.0 cm³/mol. The first-order valence-corrected chi connectivity index (χ1v) is 7.39. The molecule has 7 heteroatoms.